The first-order valence-corrected chi connectivity index (χ1v) is 9.27. The molecular weight excluding hydrogens is 334 g/mol. The monoisotopic (exact) mass is 351 g/mol. The summed E-state index contributed by atoms with van der Waals surface area (Å²) in [6, 6.07) is 1.57. The number of thioether (sulfide) groups is 1. The predicted octanol–water partition coefficient (Wildman–Crippen LogP) is 2.43. The smallest absolute Gasteiger partial charge is 0.247 e. The van der Waals surface area contributed by atoms with Crippen molar-refractivity contribution in [2.45, 2.75) is 34.2 Å². The Bertz CT molecular complexity index is 625. The summed E-state index contributed by atoms with van der Waals surface area (Å²) in [6.45, 7) is 5.75. The lowest BCUT2D eigenvalue weighted by Crippen LogP contribution is -2.16. The molecule has 0 aromatic carbocycles. The average Bonchev–Trinajstić information content (AvgIpc) is 2.82. The highest BCUT2D eigenvalue weighted by Gasteiger charge is 2.28. The van der Waals surface area contributed by atoms with Crippen LogP contribution in [0.1, 0.15) is 25.0 Å². The van der Waals surface area contributed by atoms with Crippen LogP contribution >= 0.6 is 23.1 Å². The third-order valence-electron chi connectivity index (χ3n) is 2.88. The summed E-state index contributed by atoms with van der Waals surface area (Å²) >= 11 is 2.59. The molecule has 2 rings (SSSR count). The van der Waals surface area contributed by atoms with Gasteiger partial charge in [-0.25, -0.2) is 13.6 Å². The largest absolute Gasteiger partial charge is 0.356 e. The van der Waals surface area contributed by atoms with E-state index in [-0.39, 0.29) is 23.4 Å². The van der Waals surface area contributed by atoms with Crippen LogP contribution < -0.4 is 5.14 Å². The van der Waals surface area contributed by atoms with Gasteiger partial charge in [-0.05, 0) is 17.9 Å². The second-order valence-corrected chi connectivity index (χ2v) is 8.73. The van der Waals surface area contributed by atoms with Crippen LogP contribution in [0.3, 0.4) is 0 Å². The maximum Gasteiger partial charge on any atom is 0.247 e. The minimum Gasteiger partial charge on any atom is -0.356 e. The van der Waals surface area contributed by atoms with Gasteiger partial charge in [0.15, 0.2) is 13.1 Å². The van der Waals surface area contributed by atoms with Crippen molar-refractivity contribution in [2.75, 3.05) is 13.9 Å². The topological polar surface area (TPSA) is 87.8 Å². The van der Waals surface area contributed by atoms with E-state index in [1.54, 1.807) is 20.1 Å². The molecule has 1 aromatic heterocycles. The van der Waals surface area contributed by atoms with Crippen LogP contribution in [0, 0.1) is 0 Å². The van der Waals surface area contributed by atoms with E-state index in [9.17, 15) is 8.42 Å². The van der Waals surface area contributed by atoms with Gasteiger partial charge in [-0.15, -0.1) is 11.3 Å². The molecule has 0 saturated carbocycles. The molecule has 0 fully saturated rings. The number of primary sulfonamides is 1. The number of sulfonamides is 1. The molecule has 21 heavy (non-hydrogen) atoms. The molecular formula is C12H17NO5S3. The molecule has 0 saturated heterocycles. The Hall–Kier alpha value is -0.420. The van der Waals surface area contributed by atoms with E-state index in [1.807, 2.05) is 0 Å². The van der Waals surface area contributed by atoms with Crippen LogP contribution in [0.5, 0.6) is 0 Å². The Morgan fingerprint density at radius 1 is 1.57 bits per heavy atom. The van der Waals surface area contributed by atoms with E-state index in [4.69, 9.17) is 19.3 Å². The summed E-state index contributed by atoms with van der Waals surface area (Å²) in [6.07, 6.45) is -0.0546. The molecule has 1 aliphatic rings. The van der Waals surface area contributed by atoms with Gasteiger partial charge in [-0.3, -0.25) is 0 Å². The van der Waals surface area contributed by atoms with Gasteiger partial charge in [0.05, 0.1) is 10.3 Å². The zero-order valence-electron chi connectivity index (χ0n) is 11.7. The zero-order valence-corrected chi connectivity index (χ0v) is 14.1. The Labute approximate surface area is 132 Å². The predicted molar refractivity (Wildman–Crippen MR) is 81.6 cm³/mol. The molecule has 0 bridgehead atoms. The van der Waals surface area contributed by atoms with E-state index in [0.717, 1.165) is 26.0 Å². The fourth-order valence-corrected chi connectivity index (χ4v) is 5.17. The maximum absolute atomic E-state index is 11.5. The summed E-state index contributed by atoms with van der Waals surface area (Å²) < 4.78 is 39.8. The van der Waals surface area contributed by atoms with Crippen molar-refractivity contribution in [3.05, 3.63) is 23.1 Å². The van der Waals surface area contributed by atoms with Crippen molar-refractivity contribution in [1.29, 1.82) is 0 Å². The van der Waals surface area contributed by atoms with Crippen LogP contribution in [0.15, 0.2) is 26.0 Å². The highest BCUT2D eigenvalue weighted by Crippen LogP contribution is 2.48. The first-order chi connectivity index (χ1) is 9.81. The molecule has 118 valence electrons. The van der Waals surface area contributed by atoms with Crippen molar-refractivity contribution in [2.24, 2.45) is 5.14 Å². The molecule has 0 spiro atoms. The number of hydrogen-bond donors (Lipinski definition) is 1. The molecule has 0 radical (unpaired) electrons. The second kappa shape index (κ2) is 6.78. The summed E-state index contributed by atoms with van der Waals surface area (Å²) in [4.78, 5) is 0.912. The summed E-state index contributed by atoms with van der Waals surface area (Å²) in [5, 5.41) is 5.18. The maximum atomic E-state index is 11.5. The van der Waals surface area contributed by atoms with Gasteiger partial charge in [-0.2, -0.15) is 0 Å². The van der Waals surface area contributed by atoms with Crippen molar-refractivity contribution < 1.29 is 22.6 Å². The lowest BCUT2D eigenvalue weighted by atomic mass is 10.1. The lowest BCUT2D eigenvalue weighted by molar-refractivity contribution is -0.189. The van der Waals surface area contributed by atoms with Crippen LogP contribution in [0.2, 0.25) is 0 Å². The lowest BCUT2D eigenvalue weighted by Gasteiger charge is -2.24. The fourth-order valence-electron chi connectivity index (χ4n) is 1.73. The Morgan fingerprint density at radius 3 is 2.90 bits per heavy atom. The van der Waals surface area contributed by atoms with Gasteiger partial charge in [0.2, 0.25) is 10.0 Å². The second-order valence-electron chi connectivity index (χ2n) is 4.44. The molecule has 1 aromatic rings. The van der Waals surface area contributed by atoms with E-state index >= 15 is 0 Å². The van der Waals surface area contributed by atoms with Crippen LogP contribution in [0.25, 0.3) is 0 Å². The van der Waals surface area contributed by atoms with Crippen LogP contribution in [-0.2, 0) is 24.2 Å². The Kier molecular flexibility index (Phi) is 5.47. The summed E-state index contributed by atoms with van der Waals surface area (Å²) in [5.74, 6) is 0. The number of rotatable bonds is 6. The Balaban J connectivity index is 2.14. The summed E-state index contributed by atoms with van der Waals surface area (Å²) in [7, 11) is -2.17. The molecule has 2 unspecified atom stereocenters. The minimum absolute atomic E-state index is 0.0532. The third kappa shape index (κ3) is 4.28. The number of hydrogen-bond acceptors (Lipinski definition) is 7. The summed E-state index contributed by atoms with van der Waals surface area (Å²) in [5.41, 5.74) is 0.815. The molecule has 0 aliphatic carbocycles. The van der Waals surface area contributed by atoms with E-state index in [2.05, 4.69) is 6.58 Å². The third-order valence-corrected chi connectivity index (χ3v) is 6.63. The SMILES string of the molecule is C=C1CC(OCOC(C)OC)c2cc(S(N)(=O)=O)sc2S1. The highest BCUT2D eigenvalue weighted by molar-refractivity contribution is 8.05. The molecule has 9 heteroatoms. The quantitative estimate of drug-likeness (QED) is 0.792. The van der Waals surface area contributed by atoms with Gasteiger partial charge in [0, 0.05) is 19.1 Å². The minimum atomic E-state index is -3.71. The zero-order chi connectivity index (χ0) is 15.6. The van der Waals surface area contributed by atoms with Gasteiger partial charge < -0.3 is 14.2 Å². The first kappa shape index (κ1) is 16.9. The first-order valence-electron chi connectivity index (χ1n) is 6.09. The molecule has 2 heterocycles. The Morgan fingerprint density at radius 2 is 2.29 bits per heavy atom. The molecule has 1 aliphatic heterocycles. The molecule has 2 N–H and O–H groups in total. The van der Waals surface area contributed by atoms with E-state index in [1.165, 1.54) is 11.8 Å². The van der Waals surface area contributed by atoms with Crippen molar-refractivity contribution >= 4 is 33.1 Å². The van der Waals surface area contributed by atoms with Crippen molar-refractivity contribution in [3.8, 4) is 0 Å². The van der Waals surface area contributed by atoms with Gasteiger partial charge in [-0.1, -0.05) is 18.3 Å². The van der Waals surface area contributed by atoms with Gasteiger partial charge >= 0.3 is 0 Å². The van der Waals surface area contributed by atoms with Crippen molar-refractivity contribution in [3.63, 3.8) is 0 Å². The number of ether oxygens (including phenoxy) is 3. The van der Waals surface area contributed by atoms with E-state index in [0.29, 0.717) is 6.42 Å². The highest BCUT2D eigenvalue weighted by atomic mass is 32.3. The fraction of sp³-hybridized carbons (Fsp3) is 0.500. The van der Waals surface area contributed by atoms with Gasteiger partial charge in [0.25, 0.3) is 0 Å². The number of methoxy groups -OCH3 is 1. The molecule has 0 amide bonds. The number of fused-ring (bicyclic) bond motifs is 1. The number of thiophene rings is 1. The van der Waals surface area contributed by atoms with Crippen LogP contribution in [0.4, 0.5) is 0 Å². The number of nitrogens with two attached hydrogens (primary N) is 1. The van der Waals surface area contributed by atoms with Crippen LogP contribution in [-0.4, -0.2) is 28.6 Å². The van der Waals surface area contributed by atoms with Gasteiger partial charge in [0.1, 0.15) is 4.21 Å². The molecule has 6 nitrogen and oxygen atoms in total. The van der Waals surface area contributed by atoms with Crippen molar-refractivity contribution in [1.82, 2.24) is 0 Å². The molecule has 2 atom stereocenters. The normalized spacial score (nSPS) is 20.3. The van der Waals surface area contributed by atoms with E-state index < -0.39 is 10.0 Å². The average molecular weight is 351 g/mol. The standard InChI is InChI=1S/C12H17NO5S3/c1-7-4-10(18-6-17-8(2)16-3)9-5-11(21(13,14)15)20-12(9)19-7/h5,8,10H,1,4,6H2,2-3H3,(H2,13,14,15).